The van der Waals surface area contributed by atoms with Crippen molar-refractivity contribution in [3.05, 3.63) is 46.1 Å². The van der Waals surface area contributed by atoms with Crippen LogP contribution in [0.5, 0.6) is 5.88 Å². The standard InChI is InChI=1S/C32H40FN5O3/c1-21-6-8-32(30-23(21)4-5-26(35)24(30)17-34)16-27-25(19-41-32)28(37-9-3-12-39-13-11-37)14-29(36-27)40-20-31-7-2-10-38(31)18-22(33)15-31/h4-5,14,21-22H,2-3,6-13,15-16,18-20,35H2,1H3/t21-,22+,31-,32-/m0/s1. The van der Waals surface area contributed by atoms with Gasteiger partial charge >= 0.3 is 0 Å². The molecule has 4 atom stereocenters. The molecular formula is C32H40FN5O3. The van der Waals surface area contributed by atoms with Crippen LogP contribution in [-0.2, 0) is 28.1 Å². The van der Waals surface area contributed by atoms with E-state index >= 15 is 0 Å². The van der Waals surface area contributed by atoms with Crippen LogP contribution in [-0.4, -0.2) is 67.6 Å². The molecule has 0 bridgehead atoms. The van der Waals surface area contributed by atoms with Crippen molar-refractivity contribution in [1.29, 1.82) is 5.26 Å². The molecule has 41 heavy (non-hydrogen) atoms. The molecule has 5 aliphatic rings. The molecule has 2 N–H and O–H groups in total. The summed E-state index contributed by atoms with van der Waals surface area (Å²) in [5.41, 5.74) is 11.6. The Labute approximate surface area is 241 Å². The van der Waals surface area contributed by atoms with Gasteiger partial charge in [-0.3, -0.25) is 4.90 Å². The number of alkyl halides is 1. The molecule has 1 aliphatic carbocycles. The van der Waals surface area contributed by atoms with Gasteiger partial charge in [0, 0.05) is 67.7 Å². The van der Waals surface area contributed by atoms with Gasteiger partial charge in [-0.25, -0.2) is 9.37 Å². The van der Waals surface area contributed by atoms with E-state index in [2.05, 4.69) is 34.9 Å². The third kappa shape index (κ3) is 4.55. The minimum absolute atomic E-state index is 0.240. The minimum Gasteiger partial charge on any atom is -0.476 e. The number of ether oxygens (including phenoxy) is 3. The maximum atomic E-state index is 14.5. The van der Waals surface area contributed by atoms with Crippen LogP contribution in [0.25, 0.3) is 0 Å². The number of rotatable bonds is 4. The molecule has 3 saturated heterocycles. The second kappa shape index (κ2) is 10.4. The summed E-state index contributed by atoms with van der Waals surface area (Å²) in [5.74, 6) is 0.907. The zero-order chi connectivity index (χ0) is 28.2. The molecule has 1 spiro atoms. The van der Waals surface area contributed by atoms with E-state index in [1.165, 1.54) is 0 Å². The summed E-state index contributed by atoms with van der Waals surface area (Å²) in [5, 5.41) is 10.2. The van der Waals surface area contributed by atoms with Crippen molar-refractivity contribution < 1.29 is 18.6 Å². The number of benzene rings is 1. The number of nitrogens with zero attached hydrogens (tertiary/aromatic N) is 4. The molecule has 8 nitrogen and oxygen atoms in total. The molecule has 2 aromatic rings. The van der Waals surface area contributed by atoms with Gasteiger partial charge in [0.15, 0.2) is 0 Å². The van der Waals surface area contributed by atoms with E-state index in [9.17, 15) is 9.65 Å². The number of pyridine rings is 1. The lowest BCUT2D eigenvalue weighted by Crippen LogP contribution is -2.44. The maximum absolute atomic E-state index is 14.5. The molecule has 4 aliphatic heterocycles. The van der Waals surface area contributed by atoms with Crippen molar-refractivity contribution in [2.75, 3.05) is 56.6 Å². The van der Waals surface area contributed by atoms with E-state index in [1.807, 2.05) is 6.07 Å². The average Bonchev–Trinajstić information content (AvgIpc) is 3.35. The molecule has 0 radical (unpaired) electrons. The van der Waals surface area contributed by atoms with Crippen LogP contribution in [0, 0.1) is 11.3 Å². The number of anilines is 2. The Bertz CT molecular complexity index is 1370. The quantitative estimate of drug-likeness (QED) is 0.542. The Kier molecular flexibility index (Phi) is 6.84. The van der Waals surface area contributed by atoms with Crippen molar-refractivity contribution in [2.45, 2.75) is 81.7 Å². The van der Waals surface area contributed by atoms with Gasteiger partial charge in [0.05, 0.1) is 30.0 Å². The van der Waals surface area contributed by atoms with Gasteiger partial charge in [-0.2, -0.15) is 5.26 Å². The van der Waals surface area contributed by atoms with Gasteiger partial charge in [-0.05, 0) is 56.2 Å². The van der Waals surface area contributed by atoms with Crippen LogP contribution in [0.2, 0.25) is 0 Å². The smallest absolute Gasteiger partial charge is 0.215 e. The lowest BCUT2D eigenvalue weighted by atomic mass is 9.69. The molecular weight excluding hydrogens is 521 g/mol. The fraction of sp³-hybridized carbons (Fsp3) is 0.625. The number of hydrogen-bond donors (Lipinski definition) is 1. The molecule has 5 heterocycles. The lowest BCUT2D eigenvalue weighted by Gasteiger charge is -2.45. The second-order valence-electron chi connectivity index (χ2n) is 12.7. The van der Waals surface area contributed by atoms with Gasteiger partial charge in [0.25, 0.3) is 0 Å². The Morgan fingerprint density at radius 3 is 3.00 bits per heavy atom. The van der Waals surface area contributed by atoms with E-state index in [1.54, 1.807) is 0 Å². The summed E-state index contributed by atoms with van der Waals surface area (Å²) in [6.07, 6.45) is 5.03. The van der Waals surface area contributed by atoms with Crippen LogP contribution in [0.3, 0.4) is 0 Å². The third-order valence-electron chi connectivity index (χ3n) is 10.3. The van der Waals surface area contributed by atoms with E-state index in [0.717, 1.165) is 86.4 Å². The van der Waals surface area contributed by atoms with Crippen molar-refractivity contribution in [3.63, 3.8) is 0 Å². The molecule has 0 saturated carbocycles. The highest BCUT2D eigenvalue weighted by atomic mass is 19.1. The molecule has 0 unspecified atom stereocenters. The Hall–Kier alpha value is -2.93. The number of aromatic nitrogens is 1. The second-order valence-corrected chi connectivity index (χ2v) is 12.7. The first-order valence-electron chi connectivity index (χ1n) is 15.3. The number of nitrogen functional groups attached to an aromatic ring is 1. The topological polar surface area (TPSA) is 96.9 Å². The van der Waals surface area contributed by atoms with E-state index in [-0.39, 0.29) is 5.54 Å². The Balaban J connectivity index is 1.28. The molecule has 0 amide bonds. The molecule has 1 aromatic carbocycles. The highest BCUT2D eigenvalue weighted by molar-refractivity contribution is 5.65. The highest BCUT2D eigenvalue weighted by Gasteiger charge is 2.50. The van der Waals surface area contributed by atoms with Gasteiger partial charge in [-0.1, -0.05) is 13.0 Å². The predicted molar refractivity (Wildman–Crippen MR) is 154 cm³/mol. The Morgan fingerprint density at radius 2 is 2.12 bits per heavy atom. The van der Waals surface area contributed by atoms with Crippen LogP contribution < -0.4 is 15.4 Å². The molecule has 9 heteroatoms. The Morgan fingerprint density at radius 1 is 1.22 bits per heavy atom. The van der Waals surface area contributed by atoms with Gasteiger partial charge in [-0.15, -0.1) is 0 Å². The number of hydrogen-bond acceptors (Lipinski definition) is 8. The third-order valence-corrected chi connectivity index (χ3v) is 10.3. The van der Waals surface area contributed by atoms with E-state index < -0.39 is 11.8 Å². The normalized spacial score (nSPS) is 31.3. The van der Waals surface area contributed by atoms with E-state index in [4.69, 9.17) is 24.9 Å². The summed E-state index contributed by atoms with van der Waals surface area (Å²) in [6.45, 7) is 7.59. The average molecular weight is 562 g/mol. The first kappa shape index (κ1) is 26.9. The van der Waals surface area contributed by atoms with Crippen LogP contribution >= 0.6 is 0 Å². The summed E-state index contributed by atoms with van der Waals surface area (Å²) in [6, 6.07) is 8.36. The number of halogens is 1. The lowest BCUT2D eigenvalue weighted by molar-refractivity contribution is -0.0871. The van der Waals surface area contributed by atoms with E-state index in [0.29, 0.717) is 62.3 Å². The zero-order valence-corrected chi connectivity index (χ0v) is 24.0. The molecule has 218 valence electrons. The fourth-order valence-corrected chi connectivity index (χ4v) is 8.13. The van der Waals surface area contributed by atoms with Crippen LogP contribution in [0.1, 0.15) is 79.3 Å². The number of nitriles is 1. The van der Waals surface area contributed by atoms with Gasteiger partial charge in [0.1, 0.15) is 24.4 Å². The summed E-state index contributed by atoms with van der Waals surface area (Å²) in [7, 11) is 0. The fourth-order valence-electron chi connectivity index (χ4n) is 8.13. The maximum Gasteiger partial charge on any atom is 0.215 e. The minimum atomic E-state index is -0.796. The first-order valence-corrected chi connectivity index (χ1v) is 15.3. The number of nitrogens with two attached hydrogens (primary N) is 1. The number of fused-ring (bicyclic) bond motifs is 4. The van der Waals surface area contributed by atoms with Crippen molar-refractivity contribution in [2.24, 2.45) is 0 Å². The van der Waals surface area contributed by atoms with Crippen molar-refractivity contribution in [3.8, 4) is 11.9 Å². The summed E-state index contributed by atoms with van der Waals surface area (Å²) >= 11 is 0. The summed E-state index contributed by atoms with van der Waals surface area (Å²) in [4.78, 5) is 9.76. The van der Waals surface area contributed by atoms with Crippen LogP contribution in [0.15, 0.2) is 18.2 Å². The molecule has 7 rings (SSSR count). The van der Waals surface area contributed by atoms with Crippen LogP contribution in [0.4, 0.5) is 15.8 Å². The largest absolute Gasteiger partial charge is 0.476 e. The van der Waals surface area contributed by atoms with Gasteiger partial charge < -0.3 is 24.8 Å². The predicted octanol–water partition coefficient (Wildman–Crippen LogP) is 4.58. The van der Waals surface area contributed by atoms with Crippen molar-refractivity contribution in [1.82, 2.24) is 9.88 Å². The molecule has 1 aromatic heterocycles. The highest BCUT2D eigenvalue weighted by Crippen LogP contribution is 2.51. The first-order chi connectivity index (χ1) is 19.9. The van der Waals surface area contributed by atoms with Gasteiger partial charge in [0.2, 0.25) is 5.88 Å². The summed E-state index contributed by atoms with van der Waals surface area (Å²) < 4.78 is 33.5. The SMILES string of the molecule is C[C@H]1CC[C@]2(Cc3nc(OC[C@@]45CCCN4C[C@H](F)C5)cc(N4CCCOCC4)c3CO2)c2c1ccc(N)c2C#N. The molecule has 3 fully saturated rings. The zero-order valence-electron chi connectivity index (χ0n) is 24.0. The monoisotopic (exact) mass is 561 g/mol. The van der Waals surface area contributed by atoms with Crippen molar-refractivity contribution >= 4 is 11.4 Å².